The molecule has 2 heterocycles. The van der Waals surface area contributed by atoms with Crippen LogP contribution in [0.1, 0.15) is 58.5 Å². The van der Waals surface area contributed by atoms with E-state index >= 15 is 0 Å². The Morgan fingerprint density at radius 1 is 1.00 bits per heavy atom. The predicted octanol–water partition coefficient (Wildman–Crippen LogP) is 5.35. The van der Waals surface area contributed by atoms with Gasteiger partial charge in [0.25, 0.3) is 0 Å². The highest BCUT2D eigenvalue weighted by molar-refractivity contribution is 5.92. The standard InChI is InChI=1S/C28H22F3NO6/c1-35-25(33)16-7-5-15(6-8-16)22-14-20(18-3-2-4-19(29)24(18)36-22)32-26(34)27(11-12-27)17-9-10-21-23(13-17)38-28(30,31)37-21/h2-10,13,20,22H,11-12,14H2,1H3,(H,32,34)/t20-,22-/m1/s1. The predicted molar refractivity (Wildman–Crippen MR) is 127 cm³/mol. The van der Waals surface area contributed by atoms with Crippen molar-refractivity contribution < 1.29 is 41.7 Å². The first kappa shape index (κ1) is 24.1. The molecule has 1 saturated carbocycles. The molecule has 7 nitrogen and oxygen atoms in total. The molecular formula is C28H22F3NO6. The van der Waals surface area contributed by atoms with Crippen molar-refractivity contribution in [3.8, 4) is 17.2 Å². The van der Waals surface area contributed by atoms with Gasteiger partial charge in [-0.25, -0.2) is 9.18 Å². The molecule has 1 amide bonds. The molecule has 10 heteroatoms. The molecule has 0 radical (unpaired) electrons. The van der Waals surface area contributed by atoms with Gasteiger partial charge in [-0.15, -0.1) is 8.78 Å². The number of ether oxygens (including phenoxy) is 4. The van der Waals surface area contributed by atoms with Crippen molar-refractivity contribution in [3.05, 3.63) is 88.7 Å². The molecule has 1 N–H and O–H groups in total. The molecule has 0 aromatic heterocycles. The lowest BCUT2D eigenvalue weighted by atomic mass is 9.90. The van der Waals surface area contributed by atoms with Gasteiger partial charge in [-0.1, -0.05) is 30.3 Å². The Labute approximate surface area is 215 Å². The number of nitrogens with one attached hydrogen (secondary N) is 1. The number of benzene rings is 3. The monoisotopic (exact) mass is 525 g/mol. The molecule has 6 rings (SSSR count). The van der Waals surface area contributed by atoms with Crippen molar-refractivity contribution in [1.82, 2.24) is 5.32 Å². The Kier molecular flexibility index (Phi) is 5.51. The molecule has 2 aliphatic heterocycles. The first-order chi connectivity index (χ1) is 18.2. The van der Waals surface area contributed by atoms with Gasteiger partial charge in [-0.3, -0.25) is 4.79 Å². The quantitative estimate of drug-likeness (QED) is 0.453. The number of fused-ring (bicyclic) bond motifs is 2. The van der Waals surface area contributed by atoms with E-state index in [-0.39, 0.29) is 23.2 Å². The van der Waals surface area contributed by atoms with Gasteiger partial charge in [0.2, 0.25) is 5.91 Å². The van der Waals surface area contributed by atoms with Crippen LogP contribution in [0.25, 0.3) is 0 Å². The highest BCUT2D eigenvalue weighted by atomic mass is 19.3. The average Bonchev–Trinajstić information content (AvgIpc) is 3.65. The molecule has 1 fully saturated rings. The highest BCUT2D eigenvalue weighted by Crippen LogP contribution is 2.53. The third-order valence-corrected chi connectivity index (χ3v) is 7.23. The van der Waals surface area contributed by atoms with Crippen LogP contribution in [-0.4, -0.2) is 25.3 Å². The second kappa shape index (κ2) is 8.68. The molecule has 0 spiro atoms. The van der Waals surface area contributed by atoms with Crippen LogP contribution in [0.2, 0.25) is 0 Å². The maximum Gasteiger partial charge on any atom is 0.586 e. The summed E-state index contributed by atoms with van der Waals surface area (Å²) < 4.78 is 61.5. The van der Waals surface area contributed by atoms with Crippen molar-refractivity contribution in [2.75, 3.05) is 7.11 Å². The lowest BCUT2D eigenvalue weighted by molar-refractivity contribution is -0.286. The molecule has 38 heavy (non-hydrogen) atoms. The SMILES string of the molecule is COC(=O)c1ccc([C@H]2C[C@@H](NC(=O)C3(c4ccc5c(c4)OC(F)(F)O5)CC3)c3cccc(F)c3O2)cc1. The van der Waals surface area contributed by atoms with E-state index in [1.165, 1.54) is 25.3 Å². The number of rotatable bonds is 5. The second-order valence-electron chi connectivity index (χ2n) is 9.55. The van der Waals surface area contributed by atoms with Crippen molar-refractivity contribution in [2.24, 2.45) is 0 Å². The minimum Gasteiger partial charge on any atom is -0.482 e. The fourth-order valence-corrected chi connectivity index (χ4v) is 5.06. The summed E-state index contributed by atoms with van der Waals surface area (Å²) >= 11 is 0. The molecule has 3 aliphatic rings. The summed E-state index contributed by atoms with van der Waals surface area (Å²) in [6.45, 7) is 0. The third-order valence-electron chi connectivity index (χ3n) is 7.23. The number of hydrogen-bond donors (Lipinski definition) is 1. The zero-order chi connectivity index (χ0) is 26.7. The summed E-state index contributed by atoms with van der Waals surface area (Å²) in [4.78, 5) is 25.4. The van der Waals surface area contributed by atoms with Gasteiger partial charge in [0.05, 0.1) is 24.1 Å². The van der Waals surface area contributed by atoms with E-state index < -0.39 is 35.6 Å². The molecule has 0 saturated heterocycles. The normalized spacial score (nSPS) is 21.6. The van der Waals surface area contributed by atoms with Crippen LogP contribution in [0.15, 0.2) is 60.7 Å². The van der Waals surface area contributed by atoms with Crippen LogP contribution >= 0.6 is 0 Å². The first-order valence-corrected chi connectivity index (χ1v) is 12.0. The zero-order valence-corrected chi connectivity index (χ0v) is 20.1. The minimum atomic E-state index is -3.75. The lowest BCUT2D eigenvalue weighted by Crippen LogP contribution is -2.39. The molecule has 3 aromatic carbocycles. The number of esters is 1. The maximum atomic E-state index is 14.8. The number of amides is 1. The summed E-state index contributed by atoms with van der Waals surface area (Å²) in [6.07, 6.45) is -3.00. The molecule has 0 unspecified atom stereocenters. The Hall–Kier alpha value is -4.21. The number of hydrogen-bond acceptors (Lipinski definition) is 6. The van der Waals surface area contributed by atoms with Gasteiger partial charge in [0.15, 0.2) is 23.1 Å². The Morgan fingerprint density at radius 2 is 1.74 bits per heavy atom. The lowest BCUT2D eigenvalue weighted by Gasteiger charge is -2.34. The number of alkyl halides is 2. The minimum absolute atomic E-state index is 0.0428. The van der Waals surface area contributed by atoms with Crippen molar-refractivity contribution >= 4 is 11.9 Å². The van der Waals surface area contributed by atoms with Crippen LogP contribution in [0.5, 0.6) is 17.2 Å². The fraction of sp³-hybridized carbons (Fsp3) is 0.286. The number of halogens is 3. The van der Waals surface area contributed by atoms with Crippen molar-refractivity contribution in [3.63, 3.8) is 0 Å². The molecule has 196 valence electrons. The van der Waals surface area contributed by atoms with E-state index in [0.717, 1.165) is 0 Å². The van der Waals surface area contributed by atoms with E-state index in [4.69, 9.17) is 9.47 Å². The largest absolute Gasteiger partial charge is 0.586 e. The third kappa shape index (κ3) is 4.09. The van der Waals surface area contributed by atoms with Crippen LogP contribution in [0.3, 0.4) is 0 Å². The Balaban J connectivity index is 1.27. The Morgan fingerprint density at radius 3 is 2.45 bits per heavy atom. The molecule has 0 bridgehead atoms. The van der Waals surface area contributed by atoms with Crippen molar-refractivity contribution in [1.29, 1.82) is 0 Å². The summed E-state index contributed by atoms with van der Waals surface area (Å²) in [5.74, 6) is -1.52. The van der Waals surface area contributed by atoms with Crippen molar-refractivity contribution in [2.45, 2.75) is 43.1 Å². The number of methoxy groups -OCH3 is 1. The van der Waals surface area contributed by atoms with E-state index in [1.54, 1.807) is 42.5 Å². The zero-order valence-electron chi connectivity index (χ0n) is 20.1. The highest BCUT2D eigenvalue weighted by Gasteiger charge is 2.53. The molecule has 3 aromatic rings. The fourth-order valence-electron chi connectivity index (χ4n) is 5.06. The number of carbonyl (C=O) groups excluding carboxylic acids is 2. The van der Waals surface area contributed by atoms with Gasteiger partial charge in [-0.2, -0.15) is 0 Å². The number of para-hydroxylation sites is 1. The van der Waals surface area contributed by atoms with Crippen LogP contribution in [-0.2, 0) is 14.9 Å². The summed E-state index contributed by atoms with van der Waals surface area (Å²) in [7, 11) is 1.29. The smallest absolute Gasteiger partial charge is 0.482 e. The first-order valence-electron chi connectivity index (χ1n) is 12.0. The molecule has 1 aliphatic carbocycles. The van der Waals surface area contributed by atoms with Gasteiger partial charge in [-0.05, 0) is 54.3 Å². The van der Waals surface area contributed by atoms with Crippen LogP contribution in [0, 0.1) is 5.82 Å². The van der Waals surface area contributed by atoms with E-state index in [0.29, 0.717) is 41.5 Å². The van der Waals surface area contributed by atoms with E-state index in [9.17, 15) is 22.8 Å². The van der Waals surface area contributed by atoms with Gasteiger partial charge < -0.3 is 24.3 Å². The number of carbonyl (C=O) groups is 2. The summed E-state index contributed by atoms with van der Waals surface area (Å²) in [5, 5.41) is 3.05. The molecular weight excluding hydrogens is 503 g/mol. The van der Waals surface area contributed by atoms with Gasteiger partial charge >= 0.3 is 12.3 Å². The summed E-state index contributed by atoms with van der Waals surface area (Å²) in [6, 6.07) is 14.9. The Bertz CT molecular complexity index is 1440. The van der Waals surface area contributed by atoms with Gasteiger partial charge in [0, 0.05) is 12.0 Å². The van der Waals surface area contributed by atoms with Gasteiger partial charge in [0.1, 0.15) is 6.10 Å². The van der Waals surface area contributed by atoms with E-state index in [1.807, 2.05) is 0 Å². The maximum absolute atomic E-state index is 14.8. The molecule has 2 atom stereocenters. The topological polar surface area (TPSA) is 83.1 Å². The average molecular weight is 525 g/mol. The van der Waals surface area contributed by atoms with Crippen LogP contribution in [0.4, 0.5) is 13.2 Å². The van der Waals surface area contributed by atoms with E-state index in [2.05, 4.69) is 14.8 Å². The summed E-state index contributed by atoms with van der Waals surface area (Å²) in [5.41, 5.74) is 1.18. The van der Waals surface area contributed by atoms with Crippen LogP contribution < -0.4 is 19.5 Å². The second-order valence-corrected chi connectivity index (χ2v) is 9.55.